The van der Waals surface area contributed by atoms with Gasteiger partial charge in [0.2, 0.25) is 0 Å². The summed E-state index contributed by atoms with van der Waals surface area (Å²) in [6, 6.07) is 8.03. The molecule has 1 aromatic rings. The maximum atomic E-state index is 11.3. The van der Waals surface area contributed by atoms with Crippen molar-refractivity contribution in [2.75, 3.05) is 0 Å². The van der Waals surface area contributed by atoms with E-state index in [9.17, 15) is 13.0 Å². The number of rotatable bonds is 4. The van der Waals surface area contributed by atoms with Crippen LogP contribution in [0.15, 0.2) is 47.4 Å². The summed E-state index contributed by atoms with van der Waals surface area (Å²) in [4.78, 5) is 0.00662. The lowest BCUT2D eigenvalue weighted by Crippen LogP contribution is -2.50. The van der Waals surface area contributed by atoms with E-state index in [0.717, 1.165) is 24.3 Å². The fourth-order valence-electron chi connectivity index (χ4n) is 4.18. The highest BCUT2D eigenvalue weighted by Gasteiger charge is 2.53. The van der Waals surface area contributed by atoms with Crippen LogP contribution in [0.3, 0.4) is 0 Å². The van der Waals surface area contributed by atoms with Gasteiger partial charge >= 0.3 is 0 Å². The Hall–Kier alpha value is -1.10. The average molecular weight is 353 g/mol. The molecule has 1 atom stereocenters. The van der Waals surface area contributed by atoms with E-state index in [4.69, 9.17) is 11.6 Å². The van der Waals surface area contributed by atoms with Gasteiger partial charge in [0, 0.05) is 15.9 Å². The molecular formula is C18H21ClO3S. The summed E-state index contributed by atoms with van der Waals surface area (Å²) in [5.74, 6) is 0. The summed E-state index contributed by atoms with van der Waals surface area (Å²) in [6.45, 7) is 2.15. The summed E-state index contributed by atoms with van der Waals surface area (Å²) in [7, 11) is -4.13. The lowest BCUT2D eigenvalue weighted by Gasteiger charge is -2.56. The molecule has 1 N–H and O–H groups in total. The standard InChI is InChI=1S/C18H21ClO3S/c1-2-17(12-8-16(9-13-17)23(20,21)22)18(10-3-11-18)14-4-6-15(19)7-5-14/h4-9,12H,2-3,10-11,13H2,1H3,(H,20,21,22). The largest absolute Gasteiger partial charge is 0.294 e. The van der Waals surface area contributed by atoms with Crippen LogP contribution in [0.1, 0.15) is 44.6 Å². The van der Waals surface area contributed by atoms with Gasteiger partial charge in [-0.1, -0.05) is 49.2 Å². The Labute approximate surface area is 142 Å². The fraction of sp³-hybridized carbons (Fsp3) is 0.444. The van der Waals surface area contributed by atoms with E-state index >= 15 is 0 Å². The van der Waals surface area contributed by atoms with Crippen LogP contribution in [0.25, 0.3) is 0 Å². The molecule has 0 amide bonds. The van der Waals surface area contributed by atoms with Crippen molar-refractivity contribution in [2.45, 2.75) is 44.4 Å². The predicted molar refractivity (Wildman–Crippen MR) is 93.1 cm³/mol. The molecule has 1 unspecified atom stereocenters. The third kappa shape index (κ3) is 2.67. The van der Waals surface area contributed by atoms with Crippen molar-refractivity contribution in [3.8, 4) is 0 Å². The summed E-state index contributed by atoms with van der Waals surface area (Å²) < 4.78 is 31.9. The van der Waals surface area contributed by atoms with Crippen LogP contribution in [-0.2, 0) is 15.5 Å². The summed E-state index contributed by atoms with van der Waals surface area (Å²) in [5.41, 5.74) is 1.17. The first kappa shape index (κ1) is 16.7. The molecule has 2 aliphatic rings. The van der Waals surface area contributed by atoms with Crippen molar-refractivity contribution in [1.29, 1.82) is 0 Å². The first-order chi connectivity index (χ1) is 10.8. The molecule has 0 spiro atoms. The molecule has 0 saturated heterocycles. The first-order valence-electron chi connectivity index (χ1n) is 7.96. The summed E-state index contributed by atoms with van der Waals surface area (Å²) in [5, 5.41) is 0.724. The van der Waals surface area contributed by atoms with Gasteiger partial charge in [-0.15, -0.1) is 0 Å². The highest BCUT2D eigenvalue weighted by Crippen LogP contribution is 2.60. The first-order valence-corrected chi connectivity index (χ1v) is 9.78. The van der Waals surface area contributed by atoms with E-state index < -0.39 is 10.1 Å². The van der Waals surface area contributed by atoms with Gasteiger partial charge in [-0.25, -0.2) is 0 Å². The number of hydrogen-bond acceptors (Lipinski definition) is 2. The predicted octanol–water partition coefficient (Wildman–Crippen LogP) is 4.89. The fourth-order valence-corrected chi connectivity index (χ4v) is 4.84. The minimum Gasteiger partial charge on any atom is -0.282 e. The van der Waals surface area contributed by atoms with Crippen LogP contribution in [0.2, 0.25) is 5.02 Å². The maximum Gasteiger partial charge on any atom is 0.294 e. The van der Waals surface area contributed by atoms with Gasteiger partial charge < -0.3 is 0 Å². The Kier molecular flexibility index (Phi) is 4.20. The molecule has 0 aliphatic heterocycles. The number of benzene rings is 1. The Morgan fingerprint density at radius 1 is 1.22 bits per heavy atom. The van der Waals surface area contributed by atoms with Gasteiger partial charge in [0.15, 0.2) is 0 Å². The molecule has 3 rings (SSSR count). The number of hydrogen-bond donors (Lipinski definition) is 1. The van der Waals surface area contributed by atoms with E-state index in [-0.39, 0.29) is 15.7 Å². The molecule has 0 bridgehead atoms. The van der Waals surface area contributed by atoms with Crippen LogP contribution in [-0.4, -0.2) is 13.0 Å². The Balaban J connectivity index is 2.02. The second kappa shape index (κ2) is 5.76. The zero-order chi connectivity index (χ0) is 16.7. The van der Waals surface area contributed by atoms with E-state index in [0.29, 0.717) is 6.42 Å². The topological polar surface area (TPSA) is 54.4 Å². The quantitative estimate of drug-likeness (QED) is 0.785. The van der Waals surface area contributed by atoms with E-state index in [2.05, 4.69) is 19.1 Å². The molecule has 5 heteroatoms. The SMILES string of the molecule is CCC1(C2(c3ccc(Cl)cc3)CCC2)C=CC(S(=O)(=O)O)=CC1. The summed E-state index contributed by atoms with van der Waals surface area (Å²) in [6.07, 6.45) is 10.1. The lowest BCUT2D eigenvalue weighted by atomic mass is 9.48. The normalized spacial score (nSPS) is 26.5. The second-order valence-electron chi connectivity index (χ2n) is 6.57. The van der Waals surface area contributed by atoms with Gasteiger partial charge in [0.25, 0.3) is 10.1 Å². The third-order valence-corrected chi connectivity index (χ3v) is 6.87. The minimum absolute atomic E-state index is 0.00662. The molecule has 124 valence electrons. The van der Waals surface area contributed by atoms with Crippen molar-refractivity contribution in [1.82, 2.24) is 0 Å². The molecule has 0 radical (unpaired) electrons. The molecule has 0 heterocycles. The van der Waals surface area contributed by atoms with Crippen LogP contribution in [0, 0.1) is 5.41 Å². The lowest BCUT2D eigenvalue weighted by molar-refractivity contribution is 0.0753. The van der Waals surface area contributed by atoms with E-state index in [1.807, 2.05) is 18.2 Å². The van der Waals surface area contributed by atoms with Crippen LogP contribution in [0.4, 0.5) is 0 Å². The van der Waals surface area contributed by atoms with Gasteiger partial charge in [0.05, 0.1) is 4.91 Å². The number of halogens is 1. The molecule has 1 fully saturated rings. The Morgan fingerprint density at radius 3 is 2.26 bits per heavy atom. The zero-order valence-electron chi connectivity index (χ0n) is 13.1. The smallest absolute Gasteiger partial charge is 0.282 e. The van der Waals surface area contributed by atoms with Gasteiger partial charge in [-0.05, 0) is 49.5 Å². The molecule has 2 aliphatic carbocycles. The van der Waals surface area contributed by atoms with Gasteiger partial charge in [0.1, 0.15) is 0 Å². The van der Waals surface area contributed by atoms with Gasteiger partial charge in [-0.3, -0.25) is 4.55 Å². The van der Waals surface area contributed by atoms with Crippen LogP contribution in [0.5, 0.6) is 0 Å². The molecule has 1 aromatic carbocycles. The van der Waals surface area contributed by atoms with Crippen molar-refractivity contribution in [3.05, 3.63) is 58.0 Å². The molecule has 1 saturated carbocycles. The third-order valence-electron chi connectivity index (χ3n) is 5.72. The summed E-state index contributed by atoms with van der Waals surface area (Å²) >= 11 is 6.03. The van der Waals surface area contributed by atoms with Gasteiger partial charge in [-0.2, -0.15) is 8.42 Å². The molecule has 3 nitrogen and oxygen atoms in total. The molecular weight excluding hydrogens is 332 g/mol. The maximum absolute atomic E-state index is 11.3. The van der Waals surface area contributed by atoms with Crippen molar-refractivity contribution in [3.63, 3.8) is 0 Å². The number of allylic oxidation sites excluding steroid dienone is 3. The van der Waals surface area contributed by atoms with Crippen molar-refractivity contribution in [2.24, 2.45) is 5.41 Å². The highest BCUT2D eigenvalue weighted by molar-refractivity contribution is 7.90. The second-order valence-corrected chi connectivity index (χ2v) is 8.43. The van der Waals surface area contributed by atoms with E-state index in [1.54, 1.807) is 12.2 Å². The van der Waals surface area contributed by atoms with Crippen LogP contribution < -0.4 is 0 Å². The van der Waals surface area contributed by atoms with Crippen molar-refractivity contribution >= 4 is 21.7 Å². The Bertz CT molecular complexity index is 758. The van der Waals surface area contributed by atoms with Crippen LogP contribution >= 0.6 is 11.6 Å². The van der Waals surface area contributed by atoms with Crippen molar-refractivity contribution < 1.29 is 13.0 Å². The molecule has 0 aromatic heterocycles. The molecule has 23 heavy (non-hydrogen) atoms. The monoisotopic (exact) mass is 352 g/mol. The zero-order valence-corrected chi connectivity index (χ0v) is 14.7. The average Bonchev–Trinajstić information content (AvgIpc) is 2.47. The Morgan fingerprint density at radius 2 is 1.87 bits per heavy atom. The highest BCUT2D eigenvalue weighted by atomic mass is 35.5. The minimum atomic E-state index is -4.13. The van der Waals surface area contributed by atoms with E-state index in [1.165, 1.54) is 12.0 Å².